The Balaban J connectivity index is 1.23. The summed E-state index contributed by atoms with van der Waals surface area (Å²) < 4.78 is 2.07. The molecule has 37 heavy (non-hydrogen) atoms. The van der Waals surface area contributed by atoms with E-state index in [1.807, 2.05) is 36.1 Å². The van der Waals surface area contributed by atoms with Crippen molar-refractivity contribution in [3.8, 4) is 0 Å². The second-order valence-corrected chi connectivity index (χ2v) is 11.4. The molecule has 1 fully saturated rings. The zero-order valence-electron chi connectivity index (χ0n) is 21.9. The van der Waals surface area contributed by atoms with E-state index < -0.39 is 5.54 Å². The molecular formula is C31H38N4O2. The van der Waals surface area contributed by atoms with Crippen molar-refractivity contribution >= 4 is 22.7 Å². The van der Waals surface area contributed by atoms with E-state index in [2.05, 4.69) is 45.1 Å². The van der Waals surface area contributed by atoms with Gasteiger partial charge in [0.1, 0.15) is 11.2 Å². The molecule has 194 valence electrons. The van der Waals surface area contributed by atoms with E-state index in [-0.39, 0.29) is 17.9 Å². The third-order valence-electron chi connectivity index (χ3n) is 8.83. The number of aromatic nitrogens is 1. The summed E-state index contributed by atoms with van der Waals surface area (Å²) in [7, 11) is 0. The predicted molar refractivity (Wildman–Crippen MR) is 146 cm³/mol. The first-order valence-electron chi connectivity index (χ1n) is 14.0. The molecule has 1 N–H and O–H groups in total. The molecule has 2 amide bonds. The molecular weight excluding hydrogens is 460 g/mol. The lowest BCUT2D eigenvalue weighted by molar-refractivity contribution is -0.133. The molecule has 6 heteroatoms. The maximum atomic E-state index is 14.0. The van der Waals surface area contributed by atoms with Crippen molar-refractivity contribution in [1.29, 1.82) is 0 Å². The second-order valence-electron chi connectivity index (χ2n) is 11.4. The maximum Gasteiger partial charge on any atom is 0.271 e. The van der Waals surface area contributed by atoms with Gasteiger partial charge in [0.15, 0.2) is 0 Å². The van der Waals surface area contributed by atoms with Crippen molar-refractivity contribution in [1.82, 2.24) is 19.7 Å². The summed E-state index contributed by atoms with van der Waals surface area (Å²) in [4.78, 5) is 32.2. The van der Waals surface area contributed by atoms with Gasteiger partial charge in [-0.15, -0.1) is 0 Å². The summed E-state index contributed by atoms with van der Waals surface area (Å²) in [6, 6.07) is 19.0. The number of hydrogen-bond acceptors (Lipinski definition) is 3. The van der Waals surface area contributed by atoms with E-state index >= 15 is 0 Å². The van der Waals surface area contributed by atoms with Gasteiger partial charge in [0.25, 0.3) is 5.91 Å². The SMILES string of the molecule is C[C@@]1(C(=O)NC2CCCCC2)Cn2c(cc3ccccc32)C(=O)N1CCCN1CCc2ccccc2C1. The van der Waals surface area contributed by atoms with Crippen molar-refractivity contribution in [2.24, 2.45) is 0 Å². The highest BCUT2D eigenvalue weighted by molar-refractivity contribution is 6.03. The van der Waals surface area contributed by atoms with Gasteiger partial charge in [-0.1, -0.05) is 61.7 Å². The molecule has 6 rings (SSSR count). The molecule has 1 aliphatic carbocycles. The highest BCUT2D eigenvalue weighted by Gasteiger charge is 2.47. The van der Waals surface area contributed by atoms with Crippen molar-refractivity contribution < 1.29 is 9.59 Å². The molecule has 3 heterocycles. The van der Waals surface area contributed by atoms with Crippen LogP contribution >= 0.6 is 0 Å². The maximum absolute atomic E-state index is 14.0. The van der Waals surface area contributed by atoms with E-state index in [0.717, 1.165) is 69.1 Å². The topological polar surface area (TPSA) is 57.6 Å². The van der Waals surface area contributed by atoms with Crippen LogP contribution in [-0.2, 0) is 24.3 Å². The van der Waals surface area contributed by atoms with Crippen molar-refractivity contribution in [2.75, 3.05) is 19.6 Å². The highest BCUT2D eigenvalue weighted by atomic mass is 16.2. The number of benzene rings is 2. The van der Waals surface area contributed by atoms with E-state index in [1.54, 1.807) is 0 Å². The Morgan fingerprint density at radius 3 is 2.59 bits per heavy atom. The lowest BCUT2D eigenvalue weighted by Gasteiger charge is -2.45. The molecule has 1 aromatic heterocycles. The minimum Gasteiger partial charge on any atom is -0.351 e. The molecule has 0 spiro atoms. The number of carbonyl (C=O) groups excluding carboxylic acids is 2. The fraction of sp³-hybridized carbons (Fsp3) is 0.484. The van der Waals surface area contributed by atoms with Crippen LogP contribution in [0.15, 0.2) is 54.6 Å². The van der Waals surface area contributed by atoms with Gasteiger partial charge in [0.05, 0.1) is 6.54 Å². The van der Waals surface area contributed by atoms with Gasteiger partial charge in [0.2, 0.25) is 5.91 Å². The minimum atomic E-state index is -0.919. The zero-order chi connectivity index (χ0) is 25.4. The average molecular weight is 499 g/mol. The molecule has 0 saturated heterocycles. The Hall–Kier alpha value is -3.12. The quantitative estimate of drug-likeness (QED) is 0.534. The van der Waals surface area contributed by atoms with Crippen molar-refractivity contribution in [2.45, 2.75) is 76.5 Å². The van der Waals surface area contributed by atoms with E-state index in [9.17, 15) is 9.59 Å². The van der Waals surface area contributed by atoms with Gasteiger partial charge >= 0.3 is 0 Å². The number of hydrogen-bond donors (Lipinski definition) is 1. The van der Waals surface area contributed by atoms with E-state index in [1.165, 1.54) is 17.5 Å². The van der Waals surface area contributed by atoms with Crippen LogP contribution in [0, 0.1) is 0 Å². The summed E-state index contributed by atoms with van der Waals surface area (Å²) in [6.07, 6.45) is 7.55. The average Bonchev–Trinajstić information content (AvgIpc) is 3.29. The molecule has 3 aromatic rings. The summed E-state index contributed by atoms with van der Waals surface area (Å²) >= 11 is 0. The summed E-state index contributed by atoms with van der Waals surface area (Å²) in [5, 5.41) is 4.40. The summed E-state index contributed by atoms with van der Waals surface area (Å²) in [5.74, 6) is -0.0455. The van der Waals surface area contributed by atoms with E-state index in [4.69, 9.17) is 0 Å². The Morgan fingerprint density at radius 1 is 1.00 bits per heavy atom. The molecule has 6 nitrogen and oxygen atoms in total. The number of carbonyl (C=O) groups is 2. The number of nitrogens with one attached hydrogen (secondary N) is 1. The molecule has 2 aromatic carbocycles. The Labute approximate surface area is 219 Å². The van der Waals surface area contributed by atoms with E-state index in [0.29, 0.717) is 18.8 Å². The smallest absolute Gasteiger partial charge is 0.271 e. The van der Waals surface area contributed by atoms with Crippen LogP contribution in [0.5, 0.6) is 0 Å². The van der Waals surface area contributed by atoms with Crippen LogP contribution in [-0.4, -0.2) is 57.4 Å². The Bertz CT molecular complexity index is 1310. The van der Waals surface area contributed by atoms with Gasteiger partial charge in [-0.05, 0) is 55.9 Å². The molecule has 0 bridgehead atoms. The second kappa shape index (κ2) is 9.97. The monoisotopic (exact) mass is 498 g/mol. The minimum absolute atomic E-state index is 0.0110. The summed E-state index contributed by atoms with van der Waals surface area (Å²) in [5.41, 5.74) is 3.65. The van der Waals surface area contributed by atoms with Crippen molar-refractivity contribution in [3.05, 3.63) is 71.4 Å². The third kappa shape index (κ3) is 4.56. The molecule has 0 unspecified atom stereocenters. The number of rotatable bonds is 6. The normalized spacial score (nSPS) is 22.6. The van der Waals surface area contributed by atoms with Gasteiger partial charge in [-0.25, -0.2) is 0 Å². The predicted octanol–water partition coefficient (Wildman–Crippen LogP) is 4.75. The molecule has 2 aliphatic heterocycles. The first-order valence-corrected chi connectivity index (χ1v) is 14.0. The number of nitrogens with zero attached hydrogens (tertiary/aromatic N) is 3. The molecule has 3 aliphatic rings. The van der Waals surface area contributed by atoms with Gasteiger partial charge in [-0.2, -0.15) is 0 Å². The lowest BCUT2D eigenvalue weighted by atomic mass is 9.91. The number of para-hydroxylation sites is 1. The Morgan fingerprint density at radius 2 is 1.76 bits per heavy atom. The Kier molecular flexibility index (Phi) is 6.53. The third-order valence-corrected chi connectivity index (χ3v) is 8.83. The summed E-state index contributed by atoms with van der Waals surface area (Å²) in [6.45, 7) is 5.94. The van der Waals surface area contributed by atoms with Gasteiger partial charge < -0.3 is 14.8 Å². The number of fused-ring (bicyclic) bond motifs is 4. The lowest BCUT2D eigenvalue weighted by Crippen LogP contribution is -2.65. The van der Waals surface area contributed by atoms with Crippen LogP contribution < -0.4 is 5.32 Å². The first kappa shape index (κ1) is 24.2. The van der Waals surface area contributed by atoms with Gasteiger partial charge in [-0.3, -0.25) is 14.5 Å². The zero-order valence-corrected chi connectivity index (χ0v) is 21.9. The van der Waals surface area contributed by atoms with Crippen LogP contribution in [0.2, 0.25) is 0 Å². The largest absolute Gasteiger partial charge is 0.351 e. The fourth-order valence-corrected chi connectivity index (χ4v) is 6.64. The van der Waals surface area contributed by atoms with Crippen molar-refractivity contribution in [3.63, 3.8) is 0 Å². The van der Waals surface area contributed by atoms with Crippen LogP contribution in [0.1, 0.15) is 67.1 Å². The first-order chi connectivity index (χ1) is 18.0. The van der Waals surface area contributed by atoms with Crippen LogP contribution in [0.4, 0.5) is 0 Å². The molecule has 1 atom stereocenters. The standard InChI is InChI=1S/C31H38N4O2/c1-31(30(37)32-26-13-3-2-4-14-26)22-34-27-15-8-7-11-24(27)20-28(34)29(36)35(31)18-9-17-33-19-16-23-10-5-6-12-25(23)21-33/h5-8,10-12,15,20,26H,2-4,9,13-14,16-19,21-22H2,1H3,(H,32,37)/t31-/m0/s1. The van der Waals surface area contributed by atoms with Crippen LogP contribution in [0.3, 0.4) is 0 Å². The number of amides is 2. The fourth-order valence-electron chi connectivity index (χ4n) is 6.64. The molecule has 0 radical (unpaired) electrons. The highest BCUT2D eigenvalue weighted by Crippen LogP contribution is 2.33. The van der Waals surface area contributed by atoms with Crippen LogP contribution in [0.25, 0.3) is 10.9 Å². The molecule has 1 saturated carbocycles. The van der Waals surface area contributed by atoms with Gasteiger partial charge in [0, 0.05) is 43.1 Å².